The van der Waals surface area contributed by atoms with E-state index in [9.17, 15) is 24.0 Å². The molecule has 232 valence electrons. The van der Waals surface area contributed by atoms with E-state index in [2.05, 4.69) is 26.3 Å². The molecular weight excluding hydrogens is 564 g/mol. The van der Waals surface area contributed by atoms with E-state index in [0.717, 1.165) is 24.3 Å². The maximum Gasteiger partial charge on any atom is 0.338 e. The van der Waals surface area contributed by atoms with Crippen molar-refractivity contribution in [2.24, 2.45) is 0 Å². The van der Waals surface area contributed by atoms with E-state index < -0.39 is 42.1 Å². The number of esters is 5. The van der Waals surface area contributed by atoms with Crippen molar-refractivity contribution in [1.82, 2.24) is 0 Å². The summed E-state index contributed by atoms with van der Waals surface area (Å²) in [4.78, 5) is 58.5. The predicted molar refractivity (Wildman–Crippen MR) is 152 cm³/mol. The number of hydrogen-bond donors (Lipinski definition) is 0. The van der Waals surface area contributed by atoms with Crippen LogP contribution in [0.5, 0.6) is 5.75 Å². The van der Waals surface area contributed by atoms with E-state index in [1.807, 2.05) is 0 Å². The molecule has 1 aromatic rings. The fraction of sp³-hybridized carbons (Fsp3) is 0.387. The van der Waals surface area contributed by atoms with Crippen LogP contribution in [0.15, 0.2) is 74.9 Å². The van der Waals surface area contributed by atoms with E-state index in [1.165, 1.54) is 0 Å². The third-order valence-corrected chi connectivity index (χ3v) is 5.99. The molecule has 0 spiro atoms. The van der Waals surface area contributed by atoms with Crippen LogP contribution in [0.4, 0.5) is 0 Å². The average molecular weight is 601 g/mol. The number of benzene rings is 1. The Morgan fingerprint density at radius 1 is 0.651 bits per heavy atom. The molecule has 0 saturated heterocycles. The van der Waals surface area contributed by atoms with Crippen LogP contribution < -0.4 is 4.74 Å². The first-order valence-corrected chi connectivity index (χ1v) is 13.5. The number of hydrogen-bond acceptors (Lipinski definition) is 12. The van der Waals surface area contributed by atoms with Crippen LogP contribution in [-0.4, -0.2) is 80.7 Å². The highest BCUT2D eigenvalue weighted by atomic mass is 16.6. The van der Waals surface area contributed by atoms with Crippen molar-refractivity contribution in [2.45, 2.75) is 50.1 Å². The number of ether oxygens (including phenoxy) is 7. The third kappa shape index (κ3) is 13.2. The highest BCUT2D eigenvalue weighted by molar-refractivity contribution is 5.89. The van der Waals surface area contributed by atoms with Gasteiger partial charge >= 0.3 is 29.8 Å². The first-order valence-electron chi connectivity index (χ1n) is 13.5. The summed E-state index contributed by atoms with van der Waals surface area (Å²) >= 11 is 0. The van der Waals surface area contributed by atoms with Gasteiger partial charge in [0.2, 0.25) is 0 Å². The van der Waals surface area contributed by atoms with Gasteiger partial charge in [0.25, 0.3) is 0 Å². The van der Waals surface area contributed by atoms with Gasteiger partial charge in [-0.25, -0.2) is 24.0 Å². The number of rotatable bonds is 18. The Morgan fingerprint density at radius 3 is 1.60 bits per heavy atom. The van der Waals surface area contributed by atoms with Crippen LogP contribution >= 0.6 is 0 Å². The number of carbonyl (C=O) groups is 5. The molecule has 1 aliphatic rings. The third-order valence-electron chi connectivity index (χ3n) is 5.99. The molecule has 43 heavy (non-hydrogen) atoms. The maximum absolute atomic E-state index is 12.7. The monoisotopic (exact) mass is 600 g/mol. The van der Waals surface area contributed by atoms with E-state index in [4.69, 9.17) is 33.2 Å². The Balaban J connectivity index is 1.80. The Bertz CT molecular complexity index is 1150. The van der Waals surface area contributed by atoms with E-state index in [1.54, 1.807) is 24.3 Å². The topological polar surface area (TPSA) is 150 Å². The summed E-state index contributed by atoms with van der Waals surface area (Å²) in [6.45, 7) is 12.8. The van der Waals surface area contributed by atoms with Gasteiger partial charge in [-0.05, 0) is 49.9 Å². The van der Waals surface area contributed by atoms with Crippen molar-refractivity contribution in [3.8, 4) is 5.75 Å². The molecule has 12 heteroatoms. The highest BCUT2D eigenvalue weighted by Crippen LogP contribution is 2.25. The van der Waals surface area contributed by atoms with Crippen LogP contribution in [0, 0.1) is 0 Å². The first kappa shape index (κ1) is 34.5. The molecule has 0 aromatic heterocycles. The standard InChI is InChI=1S/C31H36O12/c1-5-27(32)39-19-25(41-29(34)7-3)17-37-22-11-9-21(10-12-22)31(36)43-24-15-13-23(14-16-24)38-18-26(42-30(35)8-4)20-40-28(33)6-2/h5-12,23-26H,1-4,13-20H2. The fourth-order valence-electron chi connectivity index (χ4n) is 3.78. The molecule has 1 fully saturated rings. The SMILES string of the molecule is C=CC(=O)OCC(COc1ccc(C(=O)OC2CCC(OCC(COC(=O)C=C)OC(=O)C=C)CC2)cc1)OC(=O)C=C. The van der Waals surface area contributed by atoms with Gasteiger partial charge in [0, 0.05) is 24.3 Å². The highest BCUT2D eigenvalue weighted by Gasteiger charge is 2.26. The van der Waals surface area contributed by atoms with Crippen molar-refractivity contribution in [3.63, 3.8) is 0 Å². The summed E-state index contributed by atoms with van der Waals surface area (Å²) in [7, 11) is 0. The minimum atomic E-state index is -0.888. The Morgan fingerprint density at radius 2 is 1.12 bits per heavy atom. The Hall–Kier alpha value is -4.71. The van der Waals surface area contributed by atoms with Crippen molar-refractivity contribution in [3.05, 3.63) is 80.4 Å². The minimum absolute atomic E-state index is 0.0188. The van der Waals surface area contributed by atoms with Gasteiger partial charge in [0.05, 0.1) is 18.3 Å². The molecule has 0 N–H and O–H groups in total. The zero-order valence-electron chi connectivity index (χ0n) is 23.8. The molecule has 0 heterocycles. The van der Waals surface area contributed by atoms with E-state index in [0.29, 0.717) is 37.0 Å². The van der Waals surface area contributed by atoms with Gasteiger partial charge < -0.3 is 33.2 Å². The second kappa shape index (κ2) is 18.7. The summed E-state index contributed by atoms with van der Waals surface area (Å²) in [5, 5.41) is 0. The maximum atomic E-state index is 12.7. The number of carbonyl (C=O) groups excluding carboxylic acids is 5. The van der Waals surface area contributed by atoms with Crippen LogP contribution in [-0.2, 0) is 47.6 Å². The van der Waals surface area contributed by atoms with Crippen LogP contribution in [0.2, 0.25) is 0 Å². The summed E-state index contributed by atoms with van der Waals surface area (Å²) in [5.74, 6) is -2.79. The smallest absolute Gasteiger partial charge is 0.338 e. The molecule has 1 aromatic carbocycles. The van der Waals surface area contributed by atoms with E-state index >= 15 is 0 Å². The van der Waals surface area contributed by atoms with Crippen molar-refractivity contribution in [2.75, 3.05) is 26.4 Å². The van der Waals surface area contributed by atoms with Gasteiger partial charge in [0.1, 0.15) is 31.7 Å². The van der Waals surface area contributed by atoms with Crippen molar-refractivity contribution in [1.29, 1.82) is 0 Å². The molecule has 0 amide bonds. The van der Waals surface area contributed by atoms with Gasteiger partial charge in [-0.3, -0.25) is 0 Å². The van der Waals surface area contributed by atoms with Crippen LogP contribution in [0.25, 0.3) is 0 Å². The molecule has 0 radical (unpaired) electrons. The lowest BCUT2D eigenvalue weighted by molar-refractivity contribution is -0.158. The summed E-state index contributed by atoms with van der Waals surface area (Å²) in [6, 6.07) is 6.20. The summed E-state index contributed by atoms with van der Waals surface area (Å²) in [5.41, 5.74) is 0.321. The van der Waals surface area contributed by atoms with Crippen LogP contribution in [0.1, 0.15) is 36.0 Å². The Kier molecular flexibility index (Phi) is 15.0. The van der Waals surface area contributed by atoms with Gasteiger partial charge in [-0.1, -0.05) is 26.3 Å². The zero-order valence-corrected chi connectivity index (χ0v) is 23.8. The van der Waals surface area contributed by atoms with Crippen molar-refractivity contribution >= 4 is 29.8 Å². The van der Waals surface area contributed by atoms with Gasteiger partial charge in [-0.2, -0.15) is 0 Å². The quantitative estimate of drug-likeness (QED) is 0.138. The summed E-state index contributed by atoms with van der Waals surface area (Å²) < 4.78 is 37.3. The molecule has 1 saturated carbocycles. The Labute approximate surface area is 249 Å². The lowest BCUT2D eigenvalue weighted by Crippen LogP contribution is -2.33. The van der Waals surface area contributed by atoms with E-state index in [-0.39, 0.29) is 38.6 Å². The molecule has 1 aliphatic carbocycles. The lowest BCUT2D eigenvalue weighted by atomic mass is 9.95. The molecule has 2 atom stereocenters. The summed E-state index contributed by atoms with van der Waals surface area (Å²) in [6.07, 6.45) is 4.20. The second-order valence-electron chi connectivity index (χ2n) is 9.17. The largest absolute Gasteiger partial charge is 0.490 e. The molecule has 12 nitrogen and oxygen atoms in total. The molecular formula is C31H36O12. The molecule has 0 aliphatic heterocycles. The van der Waals surface area contributed by atoms with Crippen molar-refractivity contribution < 1.29 is 57.1 Å². The van der Waals surface area contributed by atoms with Crippen LogP contribution in [0.3, 0.4) is 0 Å². The normalized spacial score (nSPS) is 17.1. The molecule has 2 rings (SSSR count). The first-order chi connectivity index (χ1) is 20.7. The average Bonchev–Trinajstić information content (AvgIpc) is 3.03. The minimum Gasteiger partial charge on any atom is -0.490 e. The van der Waals surface area contributed by atoms with Gasteiger partial charge in [-0.15, -0.1) is 0 Å². The zero-order chi connectivity index (χ0) is 31.6. The lowest BCUT2D eigenvalue weighted by Gasteiger charge is -2.29. The predicted octanol–water partition coefficient (Wildman–Crippen LogP) is 3.20. The second-order valence-corrected chi connectivity index (χ2v) is 9.17. The molecule has 2 unspecified atom stereocenters. The fourth-order valence-corrected chi connectivity index (χ4v) is 3.78. The van der Waals surface area contributed by atoms with Gasteiger partial charge in [0.15, 0.2) is 12.2 Å². The molecule has 0 bridgehead atoms.